The monoisotopic (exact) mass is 273 g/mol. The number of sulfonamides is 1. The summed E-state index contributed by atoms with van der Waals surface area (Å²) in [4.78, 5) is 6.82. The van der Waals surface area contributed by atoms with Gasteiger partial charge in [-0.3, -0.25) is 0 Å². The first-order chi connectivity index (χ1) is 8.45. The molecule has 1 atom stereocenters. The molecule has 102 valence electrons. The topological polar surface area (TPSA) is 84.1 Å². The average molecular weight is 273 g/mol. The standard InChI is InChI=1S/C11H19N3O3S/c1-3-9-12-7-10(13-9)18(15,16)14-11(2)5-4-6-17-8-11/h7,14H,3-6,8H2,1-2H3,(H,12,13). The molecule has 2 rings (SSSR count). The van der Waals surface area contributed by atoms with Crippen LogP contribution in [0.2, 0.25) is 0 Å². The fourth-order valence-electron chi connectivity index (χ4n) is 2.05. The zero-order chi connectivity index (χ0) is 13.2. The lowest BCUT2D eigenvalue weighted by Crippen LogP contribution is -2.51. The molecule has 0 aromatic carbocycles. The van der Waals surface area contributed by atoms with E-state index in [9.17, 15) is 8.42 Å². The number of aryl methyl sites for hydroxylation is 1. The lowest BCUT2D eigenvalue weighted by molar-refractivity contribution is 0.0386. The highest BCUT2D eigenvalue weighted by molar-refractivity contribution is 7.89. The minimum atomic E-state index is -3.56. The molecule has 1 fully saturated rings. The van der Waals surface area contributed by atoms with Crippen LogP contribution in [0.4, 0.5) is 0 Å². The fraction of sp³-hybridized carbons (Fsp3) is 0.727. The summed E-state index contributed by atoms with van der Waals surface area (Å²) >= 11 is 0. The zero-order valence-electron chi connectivity index (χ0n) is 10.7. The number of aromatic nitrogens is 2. The maximum atomic E-state index is 12.2. The first-order valence-corrected chi connectivity index (χ1v) is 7.59. The molecule has 0 spiro atoms. The number of H-pyrrole nitrogens is 1. The van der Waals surface area contributed by atoms with Gasteiger partial charge in [0.1, 0.15) is 5.82 Å². The molecule has 1 aliphatic rings. The van der Waals surface area contributed by atoms with Crippen molar-refractivity contribution >= 4 is 10.0 Å². The van der Waals surface area contributed by atoms with Crippen LogP contribution in [-0.4, -0.2) is 37.1 Å². The van der Waals surface area contributed by atoms with Crippen LogP contribution in [0.15, 0.2) is 11.2 Å². The van der Waals surface area contributed by atoms with Crippen LogP contribution < -0.4 is 4.72 Å². The maximum absolute atomic E-state index is 12.2. The van der Waals surface area contributed by atoms with Gasteiger partial charge in [-0.15, -0.1) is 0 Å². The van der Waals surface area contributed by atoms with Crippen LogP contribution in [-0.2, 0) is 21.2 Å². The van der Waals surface area contributed by atoms with Gasteiger partial charge in [0.25, 0.3) is 10.0 Å². The second kappa shape index (κ2) is 4.99. The van der Waals surface area contributed by atoms with Crippen LogP contribution in [0, 0.1) is 0 Å². The Morgan fingerprint density at radius 1 is 1.61 bits per heavy atom. The molecular weight excluding hydrogens is 254 g/mol. The SMILES string of the molecule is CCc1ncc(S(=O)(=O)NC2(C)CCCOC2)[nH]1. The Labute approximate surface area is 107 Å². The van der Waals surface area contributed by atoms with E-state index in [1.54, 1.807) is 0 Å². The summed E-state index contributed by atoms with van der Waals surface area (Å²) < 4.78 is 32.4. The van der Waals surface area contributed by atoms with Gasteiger partial charge in [-0.25, -0.2) is 18.1 Å². The Hall–Kier alpha value is -0.920. The van der Waals surface area contributed by atoms with Crippen molar-refractivity contribution in [1.29, 1.82) is 0 Å². The molecule has 2 N–H and O–H groups in total. The first-order valence-electron chi connectivity index (χ1n) is 6.11. The van der Waals surface area contributed by atoms with Gasteiger partial charge in [-0.1, -0.05) is 6.92 Å². The van der Waals surface area contributed by atoms with Gasteiger partial charge in [0.15, 0.2) is 5.03 Å². The zero-order valence-corrected chi connectivity index (χ0v) is 11.5. The van der Waals surface area contributed by atoms with E-state index >= 15 is 0 Å². The number of hydrogen-bond donors (Lipinski definition) is 2. The molecule has 1 aliphatic heterocycles. The molecule has 0 radical (unpaired) electrons. The van der Waals surface area contributed by atoms with Gasteiger partial charge in [0, 0.05) is 13.0 Å². The molecule has 18 heavy (non-hydrogen) atoms. The van der Waals surface area contributed by atoms with Gasteiger partial charge in [-0.05, 0) is 19.8 Å². The predicted octanol–water partition coefficient (Wildman–Crippen LogP) is 0.819. The number of imidazole rings is 1. The number of aromatic amines is 1. The predicted molar refractivity (Wildman–Crippen MR) is 66.7 cm³/mol. The minimum absolute atomic E-state index is 0.117. The van der Waals surface area contributed by atoms with Crippen molar-refractivity contribution in [2.75, 3.05) is 13.2 Å². The van der Waals surface area contributed by atoms with Crippen LogP contribution >= 0.6 is 0 Å². The molecule has 1 saturated heterocycles. The Morgan fingerprint density at radius 3 is 2.94 bits per heavy atom. The molecule has 0 aliphatic carbocycles. The summed E-state index contributed by atoms with van der Waals surface area (Å²) in [6.07, 6.45) is 3.67. The summed E-state index contributed by atoms with van der Waals surface area (Å²) in [6, 6.07) is 0. The second-order valence-electron chi connectivity index (χ2n) is 4.87. The summed E-state index contributed by atoms with van der Waals surface area (Å²) in [5, 5.41) is 0.117. The smallest absolute Gasteiger partial charge is 0.258 e. The lowest BCUT2D eigenvalue weighted by atomic mass is 9.97. The lowest BCUT2D eigenvalue weighted by Gasteiger charge is -2.33. The first kappa shape index (κ1) is 13.5. The van der Waals surface area contributed by atoms with Gasteiger partial charge in [0.05, 0.1) is 18.3 Å². The number of nitrogens with one attached hydrogen (secondary N) is 2. The highest BCUT2D eigenvalue weighted by atomic mass is 32.2. The van der Waals surface area contributed by atoms with Crippen molar-refractivity contribution in [2.24, 2.45) is 0 Å². The van der Waals surface area contributed by atoms with Crippen molar-refractivity contribution in [3.05, 3.63) is 12.0 Å². The van der Waals surface area contributed by atoms with Crippen molar-refractivity contribution < 1.29 is 13.2 Å². The van der Waals surface area contributed by atoms with Crippen LogP contribution in [0.3, 0.4) is 0 Å². The van der Waals surface area contributed by atoms with Gasteiger partial charge < -0.3 is 9.72 Å². The number of hydrogen-bond acceptors (Lipinski definition) is 4. The average Bonchev–Trinajstić information content (AvgIpc) is 2.77. The van der Waals surface area contributed by atoms with E-state index in [1.165, 1.54) is 6.20 Å². The molecule has 6 nitrogen and oxygen atoms in total. The molecule has 1 aromatic rings. The van der Waals surface area contributed by atoms with Crippen LogP contribution in [0.5, 0.6) is 0 Å². The third-order valence-electron chi connectivity index (χ3n) is 3.05. The minimum Gasteiger partial charge on any atom is -0.380 e. The van der Waals surface area contributed by atoms with E-state index in [1.807, 2.05) is 13.8 Å². The molecule has 0 saturated carbocycles. The Morgan fingerprint density at radius 2 is 2.39 bits per heavy atom. The summed E-state index contributed by atoms with van der Waals surface area (Å²) in [7, 11) is -3.56. The van der Waals surface area contributed by atoms with Gasteiger partial charge in [0.2, 0.25) is 0 Å². The Balaban J connectivity index is 2.16. The molecule has 0 amide bonds. The Bertz CT molecular complexity index is 503. The largest absolute Gasteiger partial charge is 0.380 e. The van der Waals surface area contributed by atoms with E-state index in [-0.39, 0.29) is 5.03 Å². The normalized spacial score (nSPS) is 25.2. The summed E-state index contributed by atoms with van der Waals surface area (Å²) in [5.41, 5.74) is -0.533. The van der Waals surface area contributed by atoms with Crippen LogP contribution in [0.1, 0.15) is 32.5 Å². The molecule has 1 aromatic heterocycles. The van der Waals surface area contributed by atoms with Gasteiger partial charge >= 0.3 is 0 Å². The number of rotatable bonds is 4. The second-order valence-corrected chi connectivity index (χ2v) is 6.52. The van der Waals surface area contributed by atoms with E-state index < -0.39 is 15.6 Å². The van der Waals surface area contributed by atoms with Crippen molar-refractivity contribution in [3.63, 3.8) is 0 Å². The van der Waals surface area contributed by atoms with E-state index in [0.717, 1.165) is 12.8 Å². The van der Waals surface area contributed by atoms with Crippen molar-refractivity contribution in [3.8, 4) is 0 Å². The quantitative estimate of drug-likeness (QED) is 0.850. The summed E-state index contributed by atoms with van der Waals surface area (Å²) in [5.74, 6) is 0.667. The van der Waals surface area contributed by atoms with Gasteiger partial charge in [-0.2, -0.15) is 0 Å². The Kier molecular flexibility index (Phi) is 3.74. The third-order valence-corrected chi connectivity index (χ3v) is 4.60. The maximum Gasteiger partial charge on any atom is 0.258 e. The highest BCUT2D eigenvalue weighted by Crippen LogP contribution is 2.21. The van der Waals surface area contributed by atoms with Crippen molar-refractivity contribution in [1.82, 2.24) is 14.7 Å². The number of nitrogens with zero attached hydrogens (tertiary/aromatic N) is 1. The highest BCUT2D eigenvalue weighted by Gasteiger charge is 2.33. The molecule has 7 heteroatoms. The molecule has 1 unspecified atom stereocenters. The van der Waals surface area contributed by atoms with Crippen LogP contribution in [0.25, 0.3) is 0 Å². The fourth-order valence-corrected chi connectivity index (χ4v) is 3.42. The number of ether oxygens (including phenoxy) is 1. The molecular formula is C11H19N3O3S. The molecule has 0 bridgehead atoms. The van der Waals surface area contributed by atoms with E-state index in [0.29, 0.717) is 25.5 Å². The van der Waals surface area contributed by atoms with Crippen molar-refractivity contribution in [2.45, 2.75) is 43.7 Å². The van der Waals surface area contributed by atoms with E-state index in [2.05, 4.69) is 14.7 Å². The summed E-state index contributed by atoms with van der Waals surface area (Å²) in [6.45, 7) is 4.88. The third kappa shape index (κ3) is 2.90. The van der Waals surface area contributed by atoms with E-state index in [4.69, 9.17) is 4.74 Å². The molecule has 2 heterocycles.